The van der Waals surface area contributed by atoms with Crippen LogP contribution >= 0.6 is 11.3 Å². The first-order valence-electron chi connectivity index (χ1n) is 9.17. The highest BCUT2D eigenvalue weighted by atomic mass is 32.2. The molecule has 1 aromatic heterocycles. The molecule has 0 bridgehead atoms. The summed E-state index contributed by atoms with van der Waals surface area (Å²) in [7, 11) is 0.768. The maximum Gasteiger partial charge on any atom is 0.263 e. The van der Waals surface area contributed by atoms with E-state index in [2.05, 4.69) is 15.0 Å². The van der Waals surface area contributed by atoms with Gasteiger partial charge in [-0.1, -0.05) is 0 Å². The lowest BCUT2D eigenvalue weighted by atomic mass is 10.1. The van der Waals surface area contributed by atoms with Crippen LogP contribution in [0.4, 0.5) is 10.8 Å². The Hall–Kier alpha value is -3.57. The first-order chi connectivity index (χ1) is 15.4. The van der Waals surface area contributed by atoms with Gasteiger partial charge in [0.15, 0.2) is 16.6 Å². The summed E-state index contributed by atoms with van der Waals surface area (Å²) in [6.07, 6.45) is 4.44. The summed E-state index contributed by atoms with van der Waals surface area (Å²) in [5.41, 5.74) is 1.11. The monoisotopic (exact) mass is 475 g/mol. The minimum Gasteiger partial charge on any atom is -0.493 e. The van der Waals surface area contributed by atoms with Crippen molar-refractivity contribution in [1.29, 1.82) is 0 Å². The van der Waals surface area contributed by atoms with E-state index in [0.717, 1.165) is 0 Å². The lowest BCUT2D eigenvalue weighted by Gasteiger charge is -2.12. The van der Waals surface area contributed by atoms with E-state index in [-0.39, 0.29) is 10.0 Å². The van der Waals surface area contributed by atoms with Crippen molar-refractivity contribution in [2.75, 3.05) is 31.4 Å². The van der Waals surface area contributed by atoms with Gasteiger partial charge >= 0.3 is 0 Å². The van der Waals surface area contributed by atoms with Gasteiger partial charge in [-0.15, -0.1) is 11.3 Å². The Labute approximate surface area is 189 Å². The molecule has 0 aliphatic rings. The van der Waals surface area contributed by atoms with E-state index in [9.17, 15) is 13.2 Å². The average molecular weight is 476 g/mol. The predicted molar refractivity (Wildman–Crippen MR) is 123 cm³/mol. The average Bonchev–Trinajstić information content (AvgIpc) is 3.29. The number of amides is 1. The van der Waals surface area contributed by atoms with E-state index in [0.29, 0.717) is 28.5 Å². The van der Waals surface area contributed by atoms with E-state index in [1.54, 1.807) is 23.6 Å². The number of rotatable bonds is 9. The zero-order chi connectivity index (χ0) is 23.1. The molecule has 0 saturated carbocycles. The molecule has 0 fully saturated rings. The Morgan fingerprint density at radius 1 is 1.03 bits per heavy atom. The van der Waals surface area contributed by atoms with Crippen molar-refractivity contribution in [3.8, 4) is 17.2 Å². The summed E-state index contributed by atoms with van der Waals surface area (Å²) in [4.78, 5) is 16.2. The van der Waals surface area contributed by atoms with Gasteiger partial charge in [-0.3, -0.25) is 9.52 Å². The molecular formula is C21H21N3O6S2. The van der Waals surface area contributed by atoms with Crippen molar-refractivity contribution in [3.05, 3.63) is 59.6 Å². The van der Waals surface area contributed by atoms with E-state index < -0.39 is 15.9 Å². The topological polar surface area (TPSA) is 116 Å². The number of aromatic nitrogens is 1. The molecule has 0 aliphatic heterocycles. The molecule has 3 aromatic rings. The van der Waals surface area contributed by atoms with Gasteiger partial charge in [0.1, 0.15) is 0 Å². The Bertz CT molecular complexity index is 1180. The summed E-state index contributed by atoms with van der Waals surface area (Å²) in [5, 5.41) is 4.62. The number of sulfonamides is 1. The van der Waals surface area contributed by atoms with Gasteiger partial charge in [0.25, 0.3) is 10.0 Å². The van der Waals surface area contributed by atoms with Crippen molar-refractivity contribution >= 4 is 44.2 Å². The van der Waals surface area contributed by atoms with Crippen LogP contribution in [0, 0.1) is 0 Å². The predicted octanol–water partition coefficient (Wildman–Crippen LogP) is 3.62. The lowest BCUT2D eigenvalue weighted by molar-refractivity contribution is -0.111. The molecule has 0 spiro atoms. The van der Waals surface area contributed by atoms with E-state index >= 15 is 0 Å². The molecule has 1 amide bonds. The number of ether oxygens (including phenoxy) is 3. The Morgan fingerprint density at radius 2 is 1.69 bits per heavy atom. The molecule has 2 N–H and O–H groups in total. The molecule has 11 heteroatoms. The number of thiazole rings is 1. The SMILES string of the molecule is COc1cc(/C=C/C(=O)Nc2ccc(S(=O)(=O)Nc3nccs3)cc2)cc(OC)c1OC. The fraction of sp³-hybridized carbons (Fsp3) is 0.143. The number of nitrogens with one attached hydrogen (secondary N) is 2. The van der Waals surface area contributed by atoms with Crippen LogP contribution < -0.4 is 24.2 Å². The molecule has 0 saturated heterocycles. The molecule has 2 aromatic carbocycles. The number of methoxy groups -OCH3 is 3. The molecule has 0 aliphatic carbocycles. The second-order valence-corrected chi connectivity index (χ2v) is 8.83. The highest BCUT2D eigenvalue weighted by Crippen LogP contribution is 2.38. The maximum absolute atomic E-state index is 12.4. The molecule has 1 heterocycles. The number of benzene rings is 2. The van der Waals surface area contributed by atoms with Gasteiger partial charge in [-0.2, -0.15) is 0 Å². The third kappa shape index (κ3) is 5.56. The van der Waals surface area contributed by atoms with Crippen LogP contribution in [0.5, 0.6) is 17.2 Å². The highest BCUT2D eigenvalue weighted by molar-refractivity contribution is 7.93. The van der Waals surface area contributed by atoms with Gasteiger partial charge in [0.05, 0.1) is 26.2 Å². The third-order valence-electron chi connectivity index (χ3n) is 4.20. The lowest BCUT2D eigenvalue weighted by Crippen LogP contribution is -2.13. The number of hydrogen-bond acceptors (Lipinski definition) is 8. The molecular weight excluding hydrogens is 454 g/mol. The Morgan fingerprint density at radius 3 is 2.22 bits per heavy atom. The number of anilines is 2. The van der Waals surface area contributed by atoms with Crippen molar-refractivity contribution in [2.24, 2.45) is 0 Å². The smallest absolute Gasteiger partial charge is 0.263 e. The van der Waals surface area contributed by atoms with E-state index in [1.807, 2.05) is 0 Å². The van der Waals surface area contributed by atoms with Crippen LogP contribution in [0.1, 0.15) is 5.56 Å². The van der Waals surface area contributed by atoms with Crippen LogP contribution in [-0.2, 0) is 14.8 Å². The van der Waals surface area contributed by atoms with Crippen LogP contribution in [-0.4, -0.2) is 40.6 Å². The van der Waals surface area contributed by atoms with Crippen molar-refractivity contribution in [2.45, 2.75) is 4.90 Å². The molecule has 32 heavy (non-hydrogen) atoms. The van der Waals surface area contributed by atoms with Gasteiger partial charge in [-0.05, 0) is 48.0 Å². The van der Waals surface area contributed by atoms with Crippen molar-refractivity contribution in [3.63, 3.8) is 0 Å². The molecule has 0 unspecified atom stereocenters. The second kappa shape index (κ2) is 10.2. The fourth-order valence-corrected chi connectivity index (χ4v) is 4.51. The van der Waals surface area contributed by atoms with Gasteiger partial charge < -0.3 is 19.5 Å². The number of hydrogen-bond donors (Lipinski definition) is 2. The zero-order valence-electron chi connectivity index (χ0n) is 17.5. The highest BCUT2D eigenvalue weighted by Gasteiger charge is 2.15. The minimum atomic E-state index is -3.76. The first-order valence-corrected chi connectivity index (χ1v) is 11.5. The van der Waals surface area contributed by atoms with Crippen molar-refractivity contribution < 1.29 is 27.4 Å². The number of carbonyl (C=O) groups is 1. The minimum absolute atomic E-state index is 0.0543. The normalized spacial score (nSPS) is 11.2. The van der Waals surface area contributed by atoms with E-state index in [1.165, 1.54) is 69.2 Å². The van der Waals surface area contributed by atoms with Gasteiger partial charge in [0.2, 0.25) is 11.7 Å². The van der Waals surface area contributed by atoms with Crippen LogP contribution in [0.25, 0.3) is 6.08 Å². The zero-order valence-corrected chi connectivity index (χ0v) is 19.1. The third-order valence-corrected chi connectivity index (χ3v) is 6.37. The van der Waals surface area contributed by atoms with Gasteiger partial charge in [-0.25, -0.2) is 13.4 Å². The van der Waals surface area contributed by atoms with Crippen molar-refractivity contribution in [1.82, 2.24) is 4.98 Å². The van der Waals surface area contributed by atoms with E-state index in [4.69, 9.17) is 14.2 Å². The Kier molecular flexibility index (Phi) is 7.33. The summed E-state index contributed by atoms with van der Waals surface area (Å²) in [5.74, 6) is 0.997. The standard InChI is InChI=1S/C21H21N3O6S2/c1-28-17-12-14(13-18(29-2)20(17)30-3)4-9-19(25)23-15-5-7-16(8-6-15)32(26,27)24-21-22-10-11-31-21/h4-13H,1-3H3,(H,22,24)(H,23,25)/b9-4+. The molecule has 9 nitrogen and oxygen atoms in total. The quantitative estimate of drug-likeness (QED) is 0.454. The van der Waals surface area contributed by atoms with Crippen LogP contribution in [0.15, 0.2) is 58.9 Å². The Balaban J connectivity index is 1.68. The summed E-state index contributed by atoms with van der Waals surface area (Å²) in [6, 6.07) is 9.21. The molecule has 168 valence electrons. The largest absolute Gasteiger partial charge is 0.493 e. The summed E-state index contributed by atoms with van der Waals surface area (Å²) < 4.78 is 43.0. The number of carbonyl (C=O) groups excluding carboxylic acids is 1. The fourth-order valence-electron chi connectivity index (χ4n) is 2.72. The first kappa shape index (κ1) is 23.1. The number of nitrogens with zero attached hydrogens (tertiary/aromatic N) is 1. The molecule has 0 atom stereocenters. The van der Waals surface area contributed by atoms with Gasteiger partial charge in [0, 0.05) is 23.3 Å². The van der Waals surface area contributed by atoms with Crippen LogP contribution in [0.3, 0.4) is 0 Å². The second-order valence-electron chi connectivity index (χ2n) is 6.25. The maximum atomic E-state index is 12.4. The van der Waals surface area contributed by atoms with Crippen LogP contribution in [0.2, 0.25) is 0 Å². The summed E-state index contributed by atoms with van der Waals surface area (Å²) in [6.45, 7) is 0. The summed E-state index contributed by atoms with van der Waals surface area (Å²) >= 11 is 1.18. The molecule has 3 rings (SSSR count). The molecule has 0 radical (unpaired) electrons.